The van der Waals surface area contributed by atoms with Crippen molar-refractivity contribution in [1.29, 1.82) is 0 Å². The maximum Gasteiger partial charge on any atom is 0.341 e. The molecule has 1 aromatic rings. The van der Waals surface area contributed by atoms with Gasteiger partial charge in [0.15, 0.2) is 5.78 Å². The highest BCUT2D eigenvalue weighted by Crippen LogP contribution is 2.17. The van der Waals surface area contributed by atoms with E-state index in [0.29, 0.717) is 10.6 Å². The smallest absolute Gasteiger partial charge is 0.341 e. The topological polar surface area (TPSA) is 80.4 Å². The Balaban J connectivity index is 3.29. The number of rotatable bonds is 3. The molecule has 3 N–H and O–H groups in total. The van der Waals surface area contributed by atoms with Gasteiger partial charge >= 0.3 is 5.97 Å². The largest absolute Gasteiger partial charge is 0.477 e. The second kappa shape index (κ2) is 4.81. The summed E-state index contributed by atoms with van der Waals surface area (Å²) in [5, 5.41) is 9.36. The first-order valence-electron chi connectivity index (χ1n) is 4.43. The quantitative estimate of drug-likeness (QED) is 0.478. The van der Waals surface area contributed by atoms with Crippen molar-refractivity contribution in [2.75, 3.05) is 0 Å². The average molecular weight is 240 g/mol. The molecule has 0 saturated carbocycles. The number of hydrogen-bond acceptors (Lipinski definition) is 3. The van der Waals surface area contributed by atoms with Gasteiger partial charge in [0.05, 0.1) is 5.70 Å². The van der Waals surface area contributed by atoms with Crippen LogP contribution in [-0.4, -0.2) is 16.9 Å². The van der Waals surface area contributed by atoms with Crippen LogP contribution in [0.3, 0.4) is 0 Å². The molecule has 1 rings (SSSR count). The number of carbonyl (C=O) groups is 2. The number of benzene rings is 1. The molecule has 0 spiro atoms. The minimum atomic E-state index is -1.33. The molecule has 84 valence electrons. The van der Waals surface area contributed by atoms with Crippen LogP contribution in [0.1, 0.15) is 12.5 Å². The van der Waals surface area contributed by atoms with Crippen molar-refractivity contribution in [3.05, 3.63) is 40.4 Å². The Morgan fingerprint density at radius 3 is 2.12 bits per heavy atom. The zero-order valence-electron chi connectivity index (χ0n) is 8.53. The highest BCUT2D eigenvalue weighted by atomic mass is 35.5. The molecule has 0 saturated heterocycles. The Hall–Kier alpha value is -1.81. The first-order chi connectivity index (χ1) is 7.43. The minimum absolute atomic E-state index is 0.0586. The van der Waals surface area contributed by atoms with Crippen molar-refractivity contribution in [2.24, 2.45) is 5.73 Å². The van der Waals surface area contributed by atoms with E-state index in [1.54, 1.807) is 24.3 Å². The Kier molecular flexibility index (Phi) is 3.68. The monoisotopic (exact) mass is 239 g/mol. The van der Waals surface area contributed by atoms with Gasteiger partial charge in [0, 0.05) is 5.02 Å². The van der Waals surface area contributed by atoms with E-state index >= 15 is 0 Å². The van der Waals surface area contributed by atoms with E-state index in [-0.39, 0.29) is 5.70 Å². The molecule has 4 nitrogen and oxygen atoms in total. The molecule has 0 bridgehead atoms. The molecule has 0 aliphatic heterocycles. The lowest BCUT2D eigenvalue weighted by atomic mass is 10.0. The van der Waals surface area contributed by atoms with Gasteiger partial charge in [0.1, 0.15) is 5.57 Å². The number of hydrogen-bond donors (Lipinski definition) is 2. The number of Topliss-reactive ketones (excluding diaryl/α,β-unsaturated/α-hetero) is 1. The summed E-state index contributed by atoms with van der Waals surface area (Å²) in [5.41, 5.74) is 5.61. The molecular weight excluding hydrogens is 230 g/mol. The summed E-state index contributed by atoms with van der Waals surface area (Å²) in [4.78, 5) is 22.0. The highest BCUT2D eigenvalue weighted by molar-refractivity contribution is 6.30. The van der Waals surface area contributed by atoms with E-state index in [0.717, 1.165) is 6.92 Å². The van der Waals surface area contributed by atoms with Crippen LogP contribution in [0.4, 0.5) is 0 Å². The van der Waals surface area contributed by atoms with Crippen LogP contribution in [0.15, 0.2) is 29.8 Å². The van der Waals surface area contributed by atoms with Gasteiger partial charge in [-0.05, 0) is 24.6 Å². The molecule has 0 amide bonds. The molecule has 0 aliphatic rings. The maximum atomic E-state index is 11.1. The number of halogens is 1. The Morgan fingerprint density at radius 1 is 1.25 bits per heavy atom. The van der Waals surface area contributed by atoms with Crippen LogP contribution >= 0.6 is 11.6 Å². The molecule has 0 heterocycles. The van der Waals surface area contributed by atoms with Crippen molar-refractivity contribution in [2.45, 2.75) is 6.92 Å². The first kappa shape index (κ1) is 12.3. The van der Waals surface area contributed by atoms with Gasteiger partial charge in [-0.25, -0.2) is 4.79 Å². The fourth-order valence-electron chi connectivity index (χ4n) is 1.23. The number of ketones is 1. The van der Waals surface area contributed by atoms with Gasteiger partial charge in [0.25, 0.3) is 0 Å². The van der Waals surface area contributed by atoms with E-state index in [1.807, 2.05) is 0 Å². The fourth-order valence-corrected chi connectivity index (χ4v) is 1.36. The lowest BCUT2D eigenvalue weighted by Crippen LogP contribution is -2.15. The number of carbonyl (C=O) groups excluding carboxylic acids is 1. The van der Waals surface area contributed by atoms with Crippen molar-refractivity contribution >= 4 is 29.1 Å². The minimum Gasteiger partial charge on any atom is -0.477 e. The van der Waals surface area contributed by atoms with E-state index in [2.05, 4.69) is 0 Å². The fraction of sp³-hybridized carbons (Fsp3) is 0.0909. The third-order valence-electron chi connectivity index (χ3n) is 1.99. The van der Waals surface area contributed by atoms with Gasteiger partial charge in [0.2, 0.25) is 0 Å². The van der Waals surface area contributed by atoms with Crippen LogP contribution < -0.4 is 5.73 Å². The zero-order chi connectivity index (χ0) is 12.3. The maximum absolute atomic E-state index is 11.1. The van der Waals surface area contributed by atoms with E-state index in [1.165, 1.54) is 0 Å². The van der Waals surface area contributed by atoms with Gasteiger partial charge in [-0.3, -0.25) is 4.79 Å². The normalized spacial score (nSPS) is 11.9. The highest BCUT2D eigenvalue weighted by Gasteiger charge is 2.18. The first-order valence-corrected chi connectivity index (χ1v) is 4.81. The van der Waals surface area contributed by atoms with Crippen LogP contribution in [0.2, 0.25) is 5.02 Å². The zero-order valence-corrected chi connectivity index (χ0v) is 9.28. The van der Waals surface area contributed by atoms with Crippen LogP contribution in [0, 0.1) is 0 Å². The molecule has 1 aromatic carbocycles. The summed E-state index contributed by atoms with van der Waals surface area (Å²) >= 11 is 5.68. The summed E-state index contributed by atoms with van der Waals surface area (Å²) in [6, 6.07) is 6.26. The number of aliphatic carboxylic acids is 1. The van der Waals surface area contributed by atoms with Crippen LogP contribution in [-0.2, 0) is 9.59 Å². The van der Waals surface area contributed by atoms with Crippen LogP contribution in [0.5, 0.6) is 0 Å². The van der Waals surface area contributed by atoms with E-state index in [9.17, 15) is 9.59 Å². The Morgan fingerprint density at radius 2 is 1.75 bits per heavy atom. The molecule has 0 radical (unpaired) electrons. The van der Waals surface area contributed by atoms with E-state index in [4.69, 9.17) is 22.4 Å². The van der Waals surface area contributed by atoms with Crippen molar-refractivity contribution in [3.63, 3.8) is 0 Å². The summed E-state index contributed by atoms with van der Waals surface area (Å²) in [5.74, 6) is -1.92. The third-order valence-corrected chi connectivity index (χ3v) is 2.24. The van der Waals surface area contributed by atoms with Gasteiger partial charge in [-0.1, -0.05) is 23.7 Å². The van der Waals surface area contributed by atoms with E-state index < -0.39 is 17.3 Å². The standard InChI is InChI=1S/C11H10ClNO3/c1-6(14)9(11(15)16)10(13)7-2-4-8(12)5-3-7/h2-5H,13H2,1H3,(H,15,16)/b10-9+. The molecule has 0 unspecified atom stereocenters. The van der Waals surface area contributed by atoms with Gasteiger partial charge in [-0.2, -0.15) is 0 Å². The number of nitrogens with two attached hydrogens (primary N) is 1. The molecule has 5 heteroatoms. The Bertz CT molecular complexity index is 447. The third kappa shape index (κ3) is 2.61. The molecule has 0 fully saturated rings. The lowest BCUT2D eigenvalue weighted by Gasteiger charge is -2.05. The van der Waals surface area contributed by atoms with Crippen molar-refractivity contribution in [1.82, 2.24) is 0 Å². The Labute approximate surface area is 97.3 Å². The van der Waals surface area contributed by atoms with Crippen LogP contribution in [0.25, 0.3) is 5.70 Å². The van der Waals surface area contributed by atoms with Crippen molar-refractivity contribution < 1.29 is 14.7 Å². The second-order valence-corrected chi connectivity index (χ2v) is 3.59. The summed E-state index contributed by atoms with van der Waals surface area (Å²) in [6.07, 6.45) is 0. The second-order valence-electron chi connectivity index (χ2n) is 3.16. The summed E-state index contributed by atoms with van der Waals surface area (Å²) in [7, 11) is 0. The average Bonchev–Trinajstić information content (AvgIpc) is 2.17. The molecule has 0 aliphatic carbocycles. The summed E-state index contributed by atoms with van der Waals surface area (Å²) < 4.78 is 0. The number of carboxylic acid groups (broad SMARTS) is 1. The SMILES string of the molecule is CC(=O)/C(C(=O)O)=C(\N)c1ccc(Cl)cc1. The van der Waals surface area contributed by atoms with Gasteiger partial charge in [-0.15, -0.1) is 0 Å². The lowest BCUT2D eigenvalue weighted by molar-refractivity contribution is -0.134. The predicted octanol–water partition coefficient (Wildman–Crippen LogP) is 1.68. The number of carboxylic acids is 1. The summed E-state index contributed by atoms with van der Waals surface area (Å²) in [6.45, 7) is 1.16. The van der Waals surface area contributed by atoms with Gasteiger partial charge < -0.3 is 10.8 Å². The predicted molar refractivity (Wildman–Crippen MR) is 60.9 cm³/mol. The molecule has 0 atom stereocenters. The molecule has 0 aromatic heterocycles. The molecule has 16 heavy (non-hydrogen) atoms. The molecular formula is C11H10ClNO3. The van der Waals surface area contributed by atoms with Crippen molar-refractivity contribution in [3.8, 4) is 0 Å².